The third-order valence-corrected chi connectivity index (χ3v) is 6.70. The van der Waals surface area contributed by atoms with E-state index in [4.69, 9.17) is 14.2 Å². The third-order valence-electron chi connectivity index (χ3n) is 6.70. The van der Waals surface area contributed by atoms with Crippen molar-refractivity contribution >= 4 is 6.16 Å². The van der Waals surface area contributed by atoms with Gasteiger partial charge in [0.1, 0.15) is 13.2 Å². The van der Waals surface area contributed by atoms with E-state index in [0.29, 0.717) is 38.3 Å². The summed E-state index contributed by atoms with van der Waals surface area (Å²) in [6.07, 6.45) is 5.29. The Hall–Kier alpha value is -0.810. The van der Waals surface area contributed by atoms with Crippen molar-refractivity contribution in [1.29, 1.82) is 0 Å². The van der Waals surface area contributed by atoms with Gasteiger partial charge in [-0.05, 0) is 50.4 Å². The Morgan fingerprint density at radius 3 is 2.64 bits per heavy atom. The number of rotatable bonds is 5. The second-order valence-corrected chi connectivity index (χ2v) is 8.35. The molecule has 5 aliphatic rings. The van der Waals surface area contributed by atoms with Gasteiger partial charge in [-0.1, -0.05) is 6.92 Å². The minimum atomic E-state index is -0.563. The molecule has 1 N–H and O–H groups in total. The van der Waals surface area contributed by atoms with Crippen LogP contribution in [0.2, 0.25) is 0 Å². The Bertz CT molecular complexity index is 468. The molecule has 4 unspecified atom stereocenters. The molecule has 0 amide bonds. The average Bonchev–Trinajstić information content (AvgIpc) is 2.77. The van der Waals surface area contributed by atoms with Crippen LogP contribution in [0, 0.1) is 22.7 Å². The Kier molecular flexibility index (Phi) is 3.25. The van der Waals surface area contributed by atoms with Crippen LogP contribution in [0.5, 0.6) is 0 Å². The number of ether oxygens (including phenoxy) is 3. The molecule has 5 heteroatoms. The molecule has 0 aromatic carbocycles. The smallest absolute Gasteiger partial charge is 0.434 e. The summed E-state index contributed by atoms with van der Waals surface area (Å²) in [5, 5.41) is 10.5. The lowest BCUT2D eigenvalue weighted by Crippen LogP contribution is -2.46. The van der Waals surface area contributed by atoms with Crippen molar-refractivity contribution in [3.63, 3.8) is 0 Å². The summed E-state index contributed by atoms with van der Waals surface area (Å²) in [5.41, 5.74) is -0.481. The summed E-state index contributed by atoms with van der Waals surface area (Å²) in [6, 6.07) is 0. The van der Waals surface area contributed by atoms with Crippen molar-refractivity contribution in [2.75, 3.05) is 26.4 Å². The molecule has 1 heterocycles. The van der Waals surface area contributed by atoms with E-state index in [9.17, 15) is 9.90 Å². The van der Waals surface area contributed by atoms with Crippen LogP contribution in [0.1, 0.15) is 45.4 Å². The Morgan fingerprint density at radius 2 is 2.00 bits per heavy atom. The second-order valence-electron chi connectivity index (χ2n) is 8.35. The maximum atomic E-state index is 11.9. The first-order valence-electron chi connectivity index (χ1n) is 8.56. The zero-order valence-corrected chi connectivity index (χ0v) is 13.3. The van der Waals surface area contributed by atoms with Gasteiger partial charge in [0.2, 0.25) is 0 Å². The van der Waals surface area contributed by atoms with Gasteiger partial charge >= 0.3 is 6.16 Å². The molecule has 4 aliphatic carbocycles. The highest BCUT2D eigenvalue weighted by Crippen LogP contribution is 2.66. The van der Waals surface area contributed by atoms with E-state index in [-0.39, 0.29) is 10.8 Å². The summed E-state index contributed by atoms with van der Waals surface area (Å²) in [4.78, 5) is 11.9. The van der Waals surface area contributed by atoms with E-state index in [1.807, 2.05) is 0 Å². The lowest BCUT2D eigenvalue weighted by molar-refractivity contribution is -0.144. The second kappa shape index (κ2) is 4.84. The van der Waals surface area contributed by atoms with Crippen LogP contribution in [0.3, 0.4) is 0 Å². The highest BCUT2D eigenvalue weighted by atomic mass is 16.7. The van der Waals surface area contributed by atoms with Crippen molar-refractivity contribution < 1.29 is 24.1 Å². The Morgan fingerprint density at radius 1 is 1.23 bits per heavy atom. The molecule has 0 aromatic heterocycles. The van der Waals surface area contributed by atoms with E-state index in [1.165, 1.54) is 6.42 Å². The molecule has 4 saturated carbocycles. The van der Waals surface area contributed by atoms with Crippen LogP contribution in [0.25, 0.3) is 0 Å². The molecule has 22 heavy (non-hydrogen) atoms. The molecule has 1 saturated heterocycles. The molecule has 5 nitrogen and oxygen atoms in total. The fourth-order valence-electron chi connectivity index (χ4n) is 5.49. The third kappa shape index (κ3) is 2.24. The monoisotopic (exact) mass is 310 g/mol. The first kappa shape index (κ1) is 14.8. The van der Waals surface area contributed by atoms with Crippen LogP contribution in [0.15, 0.2) is 0 Å². The minimum absolute atomic E-state index is 0.00264. The predicted octanol–water partition coefficient (Wildman–Crippen LogP) is 2.51. The van der Waals surface area contributed by atoms with Crippen molar-refractivity contribution in [2.45, 2.75) is 51.0 Å². The fraction of sp³-hybridized carbons (Fsp3) is 0.941. The highest BCUT2D eigenvalue weighted by Gasteiger charge is 2.64. The molecular formula is C17H26O5. The van der Waals surface area contributed by atoms with Crippen LogP contribution >= 0.6 is 0 Å². The average molecular weight is 310 g/mol. The van der Waals surface area contributed by atoms with Gasteiger partial charge in [-0.2, -0.15) is 0 Å². The predicted molar refractivity (Wildman–Crippen MR) is 78.3 cm³/mol. The summed E-state index contributed by atoms with van der Waals surface area (Å²) in [6.45, 7) is 4.20. The first-order valence-corrected chi connectivity index (χ1v) is 8.56. The van der Waals surface area contributed by atoms with E-state index >= 15 is 0 Å². The SMILES string of the molecule is CCC1(COC(=O)OCC23CC4CC2CC(O)(C4)C3)COC1. The number of hydrogen-bond donors (Lipinski definition) is 1. The zero-order chi connectivity index (χ0) is 15.4. The van der Waals surface area contributed by atoms with E-state index in [1.54, 1.807) is 0 Å². The number of carbonyl (C=O) groups is 1. The largest absolute Gasteiger partial charge is 0.508 e. The van der Waals surface area contributed by atoms with Crippen LogP contribution in [-0.2, 0) is 14.2 Å². The molecule has 1 aliphatic heterocycles. The van der Waals surface area contributed by atoms with Gasteiger partial charge in [0, 0.05) is 5.41 Å². The molecule has 124 valence electrons. The van der Waals surface area contributed by atoms with Gasteiger partial charge in [-0.3, -0.25) is 0 Å². The summed E-state index contributed by atoms with van der Waals surface area (Å²) in [5.74, 6) is 1.14. The maximum absolute atomic E-state index is 11.9. The number of aliphatic hydroxyl groups is 1. The minimum Gasteiger partial charge on any atom is -0.434 e. The molecular weight excluding hydrogens is 284 g/mol. The van der Waals surface area contributed by atoms with E-state index < -0.39 is 11.8 Å². The van der Waals surface area contributed by atoms with E-state index in [0.717, 1.165) is 32.1 Å². The van der Waals surface area contributed by atoms with Crippen molar-refractivity contribution in [3.8, 4) is 0 Å². The molecule has 4 atom stereocenters. The van der Waals surface area contributed by atoms with Crippen molar-refractivity contribution in [1.82, 2.24) is 0 Å². The standard InChI is InChI=1S/C17H26O5/c1-2-15(8-20-9-15)10-21-14(18)22-11-16-4-12-3-13(16)6-17(19,5-12)7-16/h12-13,19H,2-11H2,1H3. The molecule has 0 radical (unpaired) electrons. The van der Waals surface area contributed by atoms with Gasteiger partial charge in [-0.15, -0.1) is 0 Å². The lowest BCUT2D eigenvalue weighted by Gasteiger charge is -2.40. The summed E-state index contributed by atoms with van der Waals surface area (Å²) < 4.78 is 16.0. The van der Waals surface area contributed by atoms with Gasteiger partial charge < -0.3 is 19.3 Å². The van der Waals surface area contributed by atoms with E-state index in [2.05, 4.69) is 6.92 Å². The number of carbonyl (C=O) groups excluding carboxylic acids is 1. The zero-order valence-electron chi connectivity index (χ0n) is 13.3. The summed E-state index contributed by atoms with van der Waals surface area (Å²) in [7, 11) is 0. The Labute approximate surface area is 131 Å². The van der Waals surface area contributed by atoms with Crippen LogP contribution < -0.4 is 0 Å². The van der Waals surface area contributed by atoms with Gasteiger partial charge in [0.15, 0.2) is 0 Å². The molecule has 0 spiro atoms. The topological polar surface area (TPSA) is 65.0 Å². The molecule has 5 rings (SSSR count). The number of hydrogen-bond acceptors (Lipinski definition) is 5. The van der Waals surface area contributed by atoms with Crippen molar-refractivity contribution in [3.05, 3.63) is 0 Å². The van der Waals surface area contributed by atoms with Gasteiger partial charge in [0.25, 0.3) is 0 Å². The Balaban J connectivity index is 1.29. The lowest BCUT2D eigenvalue weighted by atomic mass is 9.74. The molecule has 4 bridgehead atoms. The van der Waals surface area contributed by atoms with Gasteiger partial charge in [0.05, 0.1) is 24.2 Å². The quantitative estimate of drug-likeness (QED) is 0.790. The van der Waals surface area contributed by atoms with Gasteiger partial charge in [-0.25, -0.2) is 4.79 Å². The molecule has 0 aromatic rings. The summed E-state index contributed by atoms with van der Waals surface area (Å²) >= 11 is 0. The fourth-order valence-corrected chi connectivity index (χ4v) is 5.49. The van der Waals surface area contributed by atoms with Crippen LogP contribution in [0.4, 0.5) is 4.79 Å². The van der Waals surface area contributed by atoms with Crippen molar-refractivity contribution in [2.24, 2.45) is 22.7 Å². The van der Waals surface area contributed by atoms with Crippen LogP contribution in [-0.4, -0.2) is 43.3 Å². The highest BCUT2D eigenvalue weighted by molar-refractivity contribution is 5.60. The molecule has 5 fully saturated rings. The first-order chi connectivity index (χ1) is 10.5. The maximum Gasteiger partial charge on any atom is 0.508 e. The normalized spacial score (nSPS) is 43.9.